The second kappa shape index (κ2) is 6.26. The Kier molecular flexibility index (Phi) is 4.43. The molecule has 19 heavy (non-hydrogen) atoms. The molecule has 1 saturated heterocycles. The van der Waals surface area contributed by atoms with E-state index in [4.69, 9.17) is 10.5 Å². The molecule has 0 bridgehead atoms. The Labute approximate surface area is 112 Å². The molecule has 1 amide bonds. The van der Waals surface area contributed by atoms with Crippen LogP contribution in [0.15, 0.2) is 12.1 Å². The highest BCUT2D eigenvalue weighted by molar-refractivity contribution is 5.76. The first-order chi connectivity index (χ1) is 9.20. The second-order valence-corrected chi connectivity index (χ2v) is 4.56. The summed E-state index contributed by atoms with van der Waals surface area (Å²) in [5.74, 6) is 1.27. The summed E-state index contributed by atoms with van der Waals surface area (Å²) < 4.78 is 5.04. The lowest BCUT2D eigenvalue weighted by Crippen LogP contribution is -2.29. The molecule has 1 fully saturated rings. The number of nitrogens with one attached hydrogen (secondary N) is 1. The van der Waals surface area contributed by atoms with Gasteiger partial charge < -0.3 is 20.7 Å². The summed E-state index contributed by atoms with van der Waals surface area (Å²) in [5.41, 5.74) is 6.18. The SMILES string of the molecule is COc1nc(NCCC(=O)N2CCCC2)ccc1N. The van der Waals surface area contributed by atoms with Crippen molar-refractivity contribution in [2.75, 3.05) is 37.8 Å². The Morgan fingerprint density at radius 3 is 2.89 bits per heavy atom. The summed E-state index contributed by atoms with van der Waals surface area (Å²) in [6, 6.07) is 3.51. The number of nitrogens with two attached hydrogens (primary N) is 1. The molecule has 2 heterocycles. The Hall–Kier alpha value is -1.98. The minimum Gasteiger partial charge on any atom is -0.479 e. The number of methoxy groups -OCH3 is 1. The first-order valence-electron chi connectivity index (χ1n) is 6.53. The number of pyridine rings is 1. The van der Waals surface area contributed by atoms with Crippen LogP contribution in [-0.2, 0) is 4.79 Å². The Balaban J connectivity index is 1.80. The van der Waals surface area contributed by atoms with Crippen LogP contribution in [0.4, 0.5) is 11.5 Å². The van der Waals surface area contributed by atoms with Gasteiger partial charge in [0, 0.05) is 26.1 Å². The van der Waals surface area contributed by atoms with Gasteiger partial charge >= 0.3 is 0 Å². The van der Waals surface area contributed by atoms with Crippen LogP contribution in [0.3, 0.4) is 0 Å². The lowest BCUT2D eigenvalue weighted by Gasteiger charge is -2.15. The summed E-state index contributed by atoms with van der Waals surface area (Å²) in [5, 5.41) is 3.11. The third-order valence-electron chi connectivity index (χ3n) is 3.19. The van der Waals surface area contributed by atoms with E-state index in [1.807, 2.05) is 4.90 Å². The van der Waals surface area contributed by atoms with Gasteiger partial charge in [-0.25, -0.2) is 0 Å². The minimum atomic E-state index is 0.201. The Morgan fingerprint density at radius 1 is 1.47 bits per heavy atom. The summed E-state index contributed by atoms with van der Waals surface area (Å²) in [6.45, 7) is 2.36. The van der Waals surface area contributed by atoms with Crippen molar-refractivity contribution in [1.29, 1.82) is 0 Å². The number of carbonyl (C=O) groups is 1. The van der Waals surface area contributed by atoms with Gasteiger partial charge in [0.1, 0.15) is 5.82 Å². The molecule has 104 valence electrons. The first kappa shape index (κ1) is 13.5. The third-order valence-corrected chi connectivity index (χ3v) is 3.19. The monoisotopic (exact) mass is 264 g/mol. The van der Waals surface area contributed by atoms with Crippen LogP contribution in [0.1, 0.15) is 19.3 Å². The molecule has 0 saturated carbocycles. The maximum Gasteiger partial charge on any atom is 0.238 e. The topological polar surface area (TPSA) is 80.5 Å². The zero-order chi connectivity index (χ0) is 13.7. The normalized spacial score (nSPS) is 14.5. The van der Waals surface area contributed by atoms with Gasteiger partial charge in [0.15, 0.2) is 0 Å². The molecule has 3 N–H and O–H groups in total. The number of nitrogen functional groups attached to an aromatic ring is 1. The number of amides is 1. The largest absolute Gasteiger partial charge is 0.479 e. The number of anilines is 2. The zero-order valence-electron chi connectivity index (χ0n) is 11.2. The number of aromatic nitrogens is 1. The average Bonchev–Trinajstić information content (AvgIpc) is 2.94. The molecule has 0 aromatic carbocycles. The quantitative estimate of drug-likeness (QED) is 0.832. The van der Waals surface area contributed by atoms with Gasteiger partial charge in [-0.3, -0.25) is 4.79 Å². The van der Waals surface area contributed by atoms with Crippen LogP contribution in [-0.4, -0.2) is 42.5 Å². The molecule has 2 rings (SSSR count). The molecule has 1 aromatic heterocycles. The number of nitrogens with zero attached hydrogens (tertiary/aromatic N) is 2. The molecule has 6 heteroatoms. The molecule has 1 aliphatic rings. The first-order valence-corrected chi connectivity index (χ1v) is 6.53. The van der Waals surface area contributed by atoms with E-state index >= 15 is 0 Å². The van der Waals surface area contributed by atoms with Gasteiger partial charge in [-0.15, -0.1) is 0 Å². The van der Waals surface area contributed by atoms with E-state index < -0.39 is 0 Å². The predicted molar refractivity (Wildman–Crippen MR) is 74.1 cm³/mol. The molecular formula is C13H20N4O2. The molecule has 0 aliphatic carbocycles. The molecule has 1 aliphatic heterocycles. The van der Waals surface area contributed by atoms with Gasteiger partial charge in [0.25, 0.3) is 0 Å². The van der Waals surface area contributed by atoms with E-state index in [0.717, 1.165) is 25.9 Å². The van der Waals surface area contributed by atoms with Crippen LogP contribution in [0, 0.1) is 0 Å². The summed E-state index contributed by atoms with van der Waals surface area (Å²) in [7, 11) is 1.53. The minimum absolute atomic E-state index is 0.201. The van der Waals surface area contributed by atoms with Gasteiger partial charge in [0.05, 0.1) is 12.8 Å². The fourth-order valence-corrected chi connectivity index (χ4v) is 2.14. The van der Waals surface area contributed by atoms with Crippen molar-refractivity contribution in [1.82, 2.24) is 9.88 Å². The standard InChI is InChI=1S/C13H20N4O2/c1-19-13-10(14)4-5-11(16-13)15-7-6-12(18)17-8-2-3-9-17/h4-5H,2-3,6-9,14H2,1H3,(H,15,16). The highest BCUT2D eigenvalue weighted by Gasteiger charge is 2.17. The van der Waals surface area contributed by atoms with Crippen molar-refractivity contribution in [3.63, 3.8) is 0 Å². The number of hydrogen-bond donors (Lipinski definition) is 2. The van der Waals surface area contributed by atoms with Crippen molar-refractivity contribution in [3.05, 3.63) is 12.1 Å². The van der Waals surface area contributed by atoms with E-state index in [0.29, 0.717) is 30.4 Å². The van der Waals surface area contributed by atoms with Crippen LogP contribution >= 0.6 is 0 Å². The fourth-order valence-electron chi connectivity index (χ4n) is 2.14. The predicted octanol–water partition coefficient (Wildman–Crippen LogP) is 1.10. The van der Waals surface area contributed by atoms with E-state index in [9.17, 15) is 4.79 Å². The smallest absolute Gasteiger partial charge is 0.238 e. The van der Waals surface area contributed by atoms with E-state index in [1.165, 1.54) is 7.11 Å². The van der Waals surface area contributed by atoms with Crippen LogP contribution < -0.4 is 15.8 Å². The second-order valence-electron chi connectivity index (χ2n) is 4.56. The summed E-state index contributed by atoms with van der Waals surface area (Å²) in [6.07, 6.45) is 2.72. The van der Waals surface area contributed by atoms with Gasteiger partial charge in [-0.05, 0) is 25.0 Å². The lowest BCUT2D eigenvalue weighted by molar-refractivity contribution is -0.129. The molecule has 0 radical (unpaired) electrons. The number of hydrogen-bond acceptors (Lipinski definition) is 5. The molecule has 0 atom stereocenters. The van der Waals surface area contributed by atoms with E-state index in [1.54, 1.807) is 12.1 Å². The summed E-state index contributed by atoms with van der Waals surface area (Å²) in [4.78, 5) is 18.0. The molecule has 0 spiro atoms. The zero-order valence-corrected chi connectivity index (χ0v) is 11.2. The van der Waals surface area contributed by atoms with E-state index in [2.05, 4.69) is 10.3 Å². The number of ether oxygens (including phenoxy) is 1. The maximum absolute atomic E-state index is 11.8. The van der Waals surface area contributed by atoms with Crippen molar-refractivity contribution in [2.45, 2.75) is 19.3 Å². The molecule has 1 aromatic rings. The lowest BCUT2D eigenvalue weighted by atomic mass is 10.3. The van der Waals surface area contributed by atoms with Crippen molar-refractivity contribution in [2.24, 2.45) is 0 Å². The van der Waals surface area contributed by atoms with Gasteiger partial charge in [0.2, 0.25) is 11.8 Å². The summed E-state index contributed by atoms with van der Waals surface area (Å²) >= 11 is 0. The molecular weight excluding hydrogens is 244 g/mol. The number of likely N-dealkylation sites (tertiary alicyclic amines) is 1. The Bertz CT molecular complexity index is 444. The fraction of sp³-hybridized carbons (Fsp3) is 0.538. The average molecular weight is 264 g/mol. The Morgan fingerprint density at radius 2 is 2.21 bits per heavy atom. The van der Waals surface area contributed by atoms with Crippen LogP contribution in [0.2, 0.25) is 0 Å². The van der Waals surface area contributed by atoms with Gasteiger partial charge in [-0.2, -0.15) is 4.98 Å². The number of rotatable bonds is 5. The molecule has 0 unspecified atom stereocenters. The van der Waals surface area contributed by atoms with Gasteiger partial charge in [-0.1, -0.05) is 0 Å². The van der Waals surface area contributed by atoms with Crippen molar-refractivity contribution < 1.29 is 9.53 Å². The van der Waals surface area contributed by atoms with Crippen molar-refractivity contribution >= 4 is 17.4 Å². The maximum atomic E-state index is 11.8. The van der Waals surface area contributed by atoms with Crippen LogP contribution in [0.5, 0.6) is 5.88 Å². The molecule has 6 nitrogen and oxygen atoms in total. The number of carbonyl (C=O) groups excluding carboxylic acids is 1. The van der Waals surface area contributed by atoms with Crippen LogP contribution in [0.25, 0.3) is 0 Å². The highest BCUT2D eigenvalue weighted by atomic mass is 16.5. The van der Waals surface area contributed by atoms with Crippen molar-refractivity contribution in [3.8, 4) is 5.88 Å². The van der Waals surface area contributed by atoms with E-state index in [-0.39, 0.29) is 5.91 Å². The highest BCUT2D eigenvalue weighted by Crippen LogP contribution is 2.20. The third kappa shape index (κ3) is 3.49.